The molecule has 0 amide bonds. The summed E-state index contributed by atoms with van der Waals surface area (Å²) in [7, 11) is 0. The zero-order chi connectivity index (χ0) is 27.8. The van der Waals surface area contributed by atoms with Crippen molar-refractivity contribution in [1.82, 2.24) is 30.5 Å². The highest BCUT2D eigenvalue weighted by Gasteiger charge is 2.16. The molecule has 0 saturated carbocycles. The highest BCUT2D eigenvalue weighted by molar-refractivity contribution is 7.17. The maximum Gasteiger partial charge on any atom is 0.169 e. The number of aromatic nitrogens is 5. The predicted molar refractivity (Wildman–Crippen MR) is 165 cm³/mol. The number of ketones is 1. The minimum Gasteiger partial charge on any atom is -0.353 e. The van der Waals surface area contributed by atoms with Gasteiger partial charge in [0.2, 0.25) is 0 Å². The van der Waals surface area contributed by atoms with Crippen LogP contribution in [0, 0.1) is 0 Å². The summed E-state index contributed by atoms with van der Waals surface area (Å²) in [6.07, 6.45) is 5.60. The van der Waals surface area contributed by atoms with Gasteiger partial charge in [-0.05, 0) is 66.1 Å². The van der Waals surface area contributed by atoms with Crippen molar-refractivity contribution < 1.29 is 4.79 Å². The van der Waals surface area contributed by atoms with Gasteiger partial charge in [-0.25, -0.2) is 0 Å². The Bertz CT molecular complexity index is 2020. The van der Waals surface area contributed by atoms with Crippen molar-refractivity contribution in [2.45, 2.75) is 20.0 Å². The second kappa shape index (κ2) is 10.6. The summed E-state index contributed by atoms with van der Waals surface area (Å²) in [6.45, 7) is 3.13. The molecule has 2 aromatic carbocycles. The van der Waals surface area contributed by atoms with E-state index >= 15 is 0 Å². The molecule has 8 heteroatoms. The number of aromatic amines is 2. The van der Waals surface area contributed by atoms with Crippen LogP contribution in [0.1, 0.15) is 27.7 Å². The fourth-order valence-corrected chi connectivity index (χ4v) is 6.03. The van der Waals surface area contributed by atoms with E-state index in [1.54, 1.807) is 13.1 Å². The van der Waals surface area contributed by atoms with E-state index in [4.69, 9.17) is 0 Å². The van der Waals surface area contributed by atoms with Crippen LogP contribution < -0.4 is 5.32 Å². The number of Topliss-reactive ketones (excluding diaryl/α,β-unsaturated/α-hetero) is 1. The van der Waals surface area contributed by atoms with E-state index in [0.29, 0.717) is 0 Å². The number of carbonyl (C=O) groups is 1. The Morgan fingerprint density at radius 3 is 2.54 bits per heavy atom. The number of rotatable bonds is 8. The molecule has 7 nitrogen and oxygen atoms in total. The largest absolute Gasteiger partial charge is 0.353 e. The van der Waals surface area contributed by atoms with Crippen LogP contribution in [0.2, 0.25) is 0 Å². The van der Waals surface area contributed by atoms with Gasteiger partial charge in [-0.15, -0.1) is 11.3 Å². The number of hydrogen-bond donors (Lipinski definition) is 3. The third kappa shape index (κ3) is 4.95. The number of benzene rings is 2. The second-order valence-corrected chi connectivity index (χ2v) is 11.1. The molecule has 0 fully saturated rings. The van der Waals surface area contributed by atoms with Crippen molar-refractivity contribution in [2.75, 3.05) is 0 Å². The fourth-order valence-electron chi connectivity index (χ4n) is 5.12. The SMILES string of the molecule is CC(=O)c1ccc(-c2nccc3[nH]c(-c4n[nH]c5ccc(-c6cncc(CNCc7ccccc7)c6)cc45)cc23)s1. The molecule has 0 radical (unpaired) electrons. The molecule has 0 aliphatic heterocycles. The molecular formula is C33H26N6OS. The number of hydrogen-bond acceptors (Lipinski definition) is 6. The first kappa shape index (κ1) is 25.1. The topological polar surface area (TPSA) is 99.4 Å². The molecule has 7 aromatic rings. The lowest BCUT2D eigenvalue weighted by molar-refractivity contribution is 0.102. The van der Waals surface area contributed by atoms with Crippen LogP contribution in [-0.4, -0.2) is 30.9 Å². The molecule has 200 valence electrons. The molecule has 5 heterocycles. The van der Waals surface area contributed by atoms with Crippen molar-refractivity contribution in [3.8, 4) is 33.1 Å². The molecule has 0 aliphatic rings. The molecule has 5 aromatic heterocycles. The average molecular weight is 555 g/mol. The maximum absolute atomic E-state index is 11.9. The molecule has 3 N–H and O–H groups in total. The Morgan fingerprint density at radius 2 is 1.68 bits per heavy atom. The Hall–Kier alpha value is -4.92. The summed E-state index contributed by atoms with van der Waals surface area (Å²) >= 11 is 1.46. The van der Waals surface area contributed by atoms with E-state index < -0.39 is 0 Å². The van der Waals surface area contributed by atoms with E-state index in [1.807, 2.05) is 36.7 Å². The van der Waals surface area contributed by atoms with Crippen molar-refractivity contribution in [1.29, 1.82) is 0 Å². The molecule has 0 atom stereocenters. The summed E-state index contributed by atoms with van der Waals surface area (Å²) < 4.78 is 0. The Labute approximate surface area is 240 Å². The standard InChI is InChI=1S/C33H26N6OS/c1-20(40)30-9-10-31(41-30)33-26-15-29(37-27(26)11-12-36-33)32-25-14-23(7-8-28(25)38-39-32)24-13-22(18-35-19-24)17-34-16-21-5-3-2-4-6-21/h2-15,18-19,34,37H,16-17H2,1H3,(H,38,39). The summed E-state index contributed by atoms with van der Waals surface area (Å²) in [6, 6.07) is 26.8. The number of pyridine rings is 2. The van der Waals surface area contributed by atoms with E-state index in [9.17, 15) is 4.79 Å². The van der Waals surface area contributed by atoms with Crippen LogP contribution in [0.5, 0.6) is 0 Å². The van der Waals surface area contributed by atoms with Gasteiger partial charge in [-0.1, -0.05) is 36.4 Å². The predicted octanol–water partition coefficient (Wildman–Crippen LogP) is 7.39. The minimum atomic E-state index is 0.0613. The molecule has 0 bridgehead atoms. The molecule has 41 heavy (non-hydrogen) atoms. The smallest absolute Gasteiger partial charge is 0.169 e. The quantitative estimate of drug-likeness (QED) is 0.170. The molecular weight excluding hydrogens is 528 g/mol. The van der Waals surface area contributed by atoms with Gasteiger partial charge in [0, 0.05) is 53.5 Å². The Balaban J connectivity index is 1.19. The van der Waals surface area contributed by atoms with Crippen molar-refractivity contribution in [2.24, 2.45) is 0 Å². The van der Waals surface area contributed by atoms with E-state index in [-0.39, 0.29) is 5.78 Å². The second-order valence-electron chi connectivity index (χ2n) is 10.0. The van der Waals surface area contributed by atoms with Gasteiger partial charge >= 0.3 is 0 Å². The number of nitrogens with zero attached hydrogens (tertiary/aromatic N) is 3. The highest BCUT2D eigenvalue weighted by Crippen LogP contribution is 2.36. The number of fused-ring (bicyclic) bond motifs is 2. The Kier molecular flexibility index (Phi) is 6.47. The number of thiophene rings is 1. The van der Waals surface area contributed by atoms with E-state index in [2.05, 4.69) is 85.1 Å². The van der Waals surface area contributed by atoms with Crippen LogP contribution in [-0.2, 0) is 13.1 Å². The van der Waals surface area contributed by atoms with Crippen LogP contribution in [0.15, 0.2) is 97.5 Å². The third-order valence-corrected chi connectivity index (χ3v) is 8.37. The lowest BCUT2D eigenvalue weighted by atomic mass is 10.0. The Morgan fingerprint density at radius 1 is 0.829 bits per heavy atom. The zero-order valence-corrected chi connectivity index (χ0v) is 23.1. The van der Waals surface area contributed by atoms with Gasteiger partial charge in [0.05, 0.1) is 26.7 Å². The van der Waals surface area contributed by atoms with Gasteiger partial charge in [-0.3, -0.25) is 19.9 Å². The zero-order valence-electron chi connectivity index (χ0n) is 22.3. The van der Waals surface area contributed by atoms with Gasteiger partial charge in [0.25, 0.3) is 0 Å². The van der Waals surface area contributed by atoms with Gasteiger partial charge in [0.15, 0.2) is 5.78 Å². The van der Waals surface area contributed by atoms with E-state index in [1.165, 1.54) is 16.9 Å². The minimum absolute atomic E-state index is 0.0613. The van der Waals surface area contributed by atoms with Crippen LogP contribution in [0.3, 0.4) is 0 Å². The number of carbonyl (C=O) groups excluding carboxylic acids is 1. The average Bonchev–Trinajstić information content (AvgIpc) is 3.76. The normalized spacial score (nSPS) is 11.4. The summed E-state index contributed by atoms with van der Waals surface area (Å²) in [4.78, 5) is 26.2. The fraction of sp³-hybridized carbons (Fsp3) is 0.0909. The first-order chi connectivity index (χ1) is 20.1. The monoisotopic (exact) mass is 554 g/mol. The van der Waals surface area contributed by atoms with Crippen molar-refractivity contribution >= 4 is 38.9 Å². The number of H-pyrrole nitrogens is 2. The van der Waals surface area contributed by atoms with Gasteiger partial charge in [0.1, 0.15) is 5.69 Å². The molecule has 0 saturated heterocycles. The van der Waals surface area contributed by atoms with Crippen LogP contribution >= 0.6 is 11.3 Å². The van der Waals surface area contributed by atoms with Gasteiger partial charge in [-0.2, -0.15) is 5.10 Å². The van der Waals surface area contributed by atoms with Gasteiger partial charge < -0.3 is 10.3 Å². The molecule has 0 aliphatic carbocycles. The molecule has 7 rings (SSSR count). The maximum atomic E-state index is 11.9. The lowest BCUT2D eigenvalue weighted by Crippen LogP contribution is -2.12. The third-order valence-electron chi connectivity index (χ3n) is 7.18. The lowest BCUT2D eigenvalue weighted by Gasteiger charge is -2.08. The van der Waals surface area contributed by atoms with Crippen LogP contribution in [0.25, 0.3) is 54.9 Å². The number of nitrogens with one attached hydrogen (secondary N) is 3. The van der Waals surface area contributed by atoms with Crippen molar-refractivity contribution in [3.63, 3.8) is 0 Å². The first-order valence-electron chi connectivity index (χ1n) is 13.4. The molecule has 0 spiro atoms. The summed E-state index contributed by atoms with van der Waals surface area (Å²) in [5, 5.41) is 13.4. The summed E-state index contributed by atoms with van der Waals surface area (Å²) in [5.74, 6) is 0.0613. The highest BCUT2D eigenvalue weighted by atomic mass is 32.1. The summed E-state index contributed by atoms with van der Waals surface area (Å²) in [5.41, 5.74) is 9.03. The molecule has 0 unspecified atom stereocenters. The van der Waals surface area contributed by atoms with Crippen molar-refractivity contribution in [3.05, 3.63) is 113 Å². The van der Waals surface area contributed by atoms with Crippen LogP contribution in [0.4, 0.5) is 0 Å². The first-order valence-corrected chi connectivity index (χ1v) is 14.2. The van der Waals surface area contributed by atoms with E-state index in [0.717, 1.165) is 78.4 Å².